The van der Waals surface area contributed by atoms with Crippen molar-refractivity contribution in [1.29, 1.82) is 0 Å². The molecule has 0 rings (SSSR count). The molecule has 0 radical (unpaired) electrons. The summed E-state index contributed by atoms with van der Waals surface area (Å²) < 4.78 is 24.5. The maximum Gasteiger partial charge on any atom is 0.330 e. The van der Waals surface area contributed by atoms with Gasteiger partial charge in [-0.25, -0.2) is 0 Å². The fourth-order valence-corrected chi connectivity index (χ4v) is 3.56. The van der Waals surface area contributed by atoms with E-state index in [2.05, 4.69) is 36.4 Å². The van der Waals surface area contributed by atoms with E-state index in [9.17, 15) is 4.57 Å². The number of unbranched alkanes of at least 4 members (excludes halogenated alkanes) is 3. The average Bonchev–Trinajstić information content (AvgIpc) is 2.30. The molecule has 0 aromatic carbocycles. The molecule has 0 saturated heterocycles. The lowest BCUT2D eigenvalue weighted by atomic mass is 10.4. The summed E-state index contributed by atoms with van der Waals surface area (Å²) in [7, 11) is -2.81. The third kappa shape index (κ3) is 10.5. The summed E-state index contributed by atoms with van der Waals surface area (Å²) in [6.45, 7) is 5.32. The van der Waals surface area contributed by atoms with Gasteiger partial charge in [0.05, 0.1) is 19.4 Å². The van der Waals surface area contributed by atoms with Crippen LogP contribution in [0.25, 0.3) is 0 Å². The van der Waals surface area contributed by atoms with Crippen molar-refractivity contribution in [2.45, 2.75) is 52.4 Å². The lowest BCUT2D eigenvalue weighted by molar-refractivity contribution is 0.199. The predicted octanol–water partition coefficient (Wildman–Crippen LogP) is 5.03. The maximum absolute atomic E-state index is 12.4. The Morgan fingerprint density at radius 2 is 1.47 bits per heavy atom. The molecule has 0 aliphatic rings. The van der Waals surface area contributed by atoms with Gasteiger partial charge in [0, 0.05) is 0 Å². The zero-order valence-electron chi connectivity index (χ0n) is 11.1. The second-order valence-corrected chi connectivity index (χ2v) is 7.37. The van der Waals surface area contributed by atoms with Crippen molar-refractivity contribution in [1.82, 2.24) is 0 Å². The van der Waals surface area contributed by atoms with Crippen molar-refractivity contribution >= 4 is 30.2 Å². The maximum atomic E-state index is 12.4. The van der Waals surface area contributed by atoms with E-state index in [1.807, 2.05) is 0 Å². The van der Waals surface area contributed by atoms with E-state index in [4.69, 9.17) is 9.05 Å². The molecule has 104 valence electrons. The van der Waals surface area contributed by atoms with E-state index in [1.165, 1.54) is 0 Å². The molecule has 17 heavy (non-hydrogen) atoms. The van der Waals surface area contributed by atoms with Crippen LogP contribution in [-0.2, 0) is 13.6 Å². The first-order valence-electron chi connectivity index (χ1n) is 6.62. The second-order valence-electron chi connectivity index (χ2n) is 4.10. The van der Waals surface area contributed by atoms with Crippen LogP contribution in [0.5, 0.6) is 0 Å². The van der Waals surface area contributed by atoms with Gasteiger partial charge in [0.1, 0.15) is 0 Å². The molecule has 0 amide bonds. The molecule has 0 fully saturated rings. The van der Waals surface area contributed by atoms with Gasteiger partial charge in [0.2, 0.25) is 0 Å². The van der Waals surface area contributed by atoms with Crippen LogP contribution < -0.4 is 0 Å². The Balaban J connectivity index is 4.00. The Bertz CT molecular complexity index is 179. The van der Waals surface area contributed by atoms with Crippen molar-refractivity contribution < 1.29 is 13.6 Å². The zero-order valence-corrected chi connectivity index (χ0v) is 14.2. The van der Waals surface area contributed by atoms with Crippen molar-refractivity contribution in [2.24, 2.45) is 0 Å². The number of hydrogen-bond acceptors (Lipinski definition) is 3. The van der Waals surface area contributed by atoms with Gasteiger partial charge in [-0.1, -0.05) is 49.3 Å². The molecule has 0 N–H and O–H groups in total. The zero-order chi connectivity index (χ0) is 13.0. The van der Waals surface area contributed by atoms with E-state index >= 15 is 0 Å². The second kappa shape index (κ2) is 11.9. The minimum Gasteiger partial charge on any atom is -0.309 e. The van der Waals surface area contributed by atoms with Crippen LogP contribution in [0, 0.1) is 0 Å². The van der Waals surface area contributed by atoms with Gasteiger partial charge in [-0.15, -0.1) is 0 Å². The summed E-state index contributed by atoms with van der Waals surface area (Å²) in [5.74, 6) is 0. The number of alkyl halides is 1. The van der Waals surface area contributed by atoms with E-state index < -0.39 is 7.60 Å². The van der Waals surface area contributed by atoms with Gasteiger partial charge in [-0.3, -0.25) is 4.57 Å². The molecule has 0 atom stereocenters. The highest BCUT2D eigenvalue weighted by Crippen LogP contribution is 2.49. The SMILES string of the molecule is CCCCOP(=O)(CCCCI)OCCCC. The summed E-state index contributed by atoms with van der Waals surface area (Å²) in [4.78, 5) is 0. The lowest BCUT2D eigenvalue weighted by Crippen LogP contribution is -2.03. The van der Waals surface area contributed by atoms with Crippen molar-refractivity contribution in [3.05, 3.63) is 0 Å². The highest BCUT2D eigenvalue weighted by molar-refractivity contribution is 14.1. The van der Waals surface area contributed by atoms with E-state index in [-0.39, 0.29) is 0 Å². The van der Waals surface area contributed by atoms with E-state index in [0.717, 1.165) is 43.0 Å². The molecule has 0 saturated carbocycles. The summed E-state index contributed by atoms with van der Waals surface area (Å²) in [6, 6.07) is 0. The predicted molar refractivity (Wildman–Crippen MR) is 82.3 cm³/mol. The molecule has 0 aromatic rings. The fraction of sp³-hybridized carbons (Fsp3) is 1.00. The highest BCUT2D eigenvalue weighted by atomic mass is 127. The summed E-state index contributed by atoms with van der Waals surface area (Å²) >= 11 is 2.34. The molecule has 0 unspecified atom stereocenters. The Morgan fingerprint density at radius 3 is 1.88 bits per heavy atom. The molecule has 0 aliphatic heterocycles. The highest BCUT2D eigenvalue weighted by Gasteiger charge is 2.23. The largest absolute Gasteiger partial charge is 0.330 e. The minimum absolute atomic E-state index is 0.560. The Hall–Kier alpha value is 0.880. The normalized spacial score (nSPS) is 11.9. The van der Waals surface area contributed by atoms with Crippen LogP contribution in [0.4, 0.5) is 0 Å². The van der Waals surface area contributed by atoms with Gasteiger partial charge in [-0.2, -0.15) is 0 Å². The van der Waals surface area contributed by atoms with E-state index in [0.29, 0.717) is 19.4 Å². The molecule has 0 aliphatic carbocycles. The first kappa shape index (κ1) is 17.9. The Kier molecular flexibility index (Phi) is 12.6. The molecule has 5 heteroatoms. The molecular formula is C12H26IO3P. The lowest BCUT2D eigenvalue weighted by Gasteiger charge is -2.18. The van der Waals surface area contributed by atoms with Crippen LogP contribution in [0.3, 0.4) is 0 Å². The number of hydrogen-bond donors (Lipinski definition) is 0. The smallest absolute Gasteiger partial charge is 0.309 e. The van der Waals surface area contributed by atoms with Crippen molar-refractivity contribution in [2.75, 3.05) is 23.8 Å². The molecule has 0 heterocycles. The Labute approximate surface area is 120 Å². The molecule has 3 nitrogen and oxygen atoms in total. The van der Waals surface area contributed by atoms with Crippen LogP contribution in [0.2, 0.25) is 0 Å². The van der Waals surface area contributed by atoms with Gasteiger partial charge in [0.15, 0.2) is 0 Å². The quantitative estimate of drug-likeness (QED) is 0.208. The molecule has 0 spiro atoms. The third-order valence-electron chi connectivity index (χ3n) is 2.39. The fourth-order valence-electron chi connectivity index (χ4n) is 1.26. The minimum atomic E-state index is -2.81. The van der Waals surface area contributed by atoms with Crippen molar-refractivity contribution in [3.8, 4) is 0 Å². The monoisotopic (exact) mass is 376 g/mol. The Morgan fingerprint density at radius 1 is 0.941 bits per heavy atom. The summed E-state index contributed by atoms with van der Waals surface area (Å²) in [6.07, 6.45) is 6.60. The summed E-state index contributed by atoms with van der Waals surface area (Å²) in [5, 5.41) is 0. The summed E-state index contributed by atoms with van der Waals surface area (Å²) in [5.41, 5.74) is 0. The third-order valence-corrected chi connectivity index (χ3v) is 5.17. The van der Waals surface area contributed by atoms with Crippen LogP contribution >= 0.6 is 30.2 Å². The van der Waals surface area contributed by atoms with Gasteiger partial charge >= 0.3 is 7.60 Å². The van der Waals surface area contributed by atoms with Gasteiger partial charge in [-0.05, 0) is 30.1 Å². The van der Waals surface area contributed by atoms with Crippen LogP contribution in [-0.4, -0.2) is 23.8 Å². The first-order chi connectivity index (χ1) is 8.18. The van der Waals surface area contributed by atoms with Crippen LogP contribution in [0.15, 0.2) is 0 Å². The average molecular weight is 376 g/mol. The van der Waals surface area contributed by atoms with Crippen molar-refractivity contribution in [3.63, 3.8) is 0 Å². The standard InChI is InChI=1S/C12H26IO3P/c1-3-5-10-15-17(14,12-8-7-9-13)16-11-6-4-2/h3-12H2,1-2H3. The molecular weight excluding hydrogens is 350 g/mol. The van der Waals surface area contributed by atoms with Crippen LogP contribution in [0.1, 0.15) is 52.4 Å². The molecule has 0 bridgehead atoms. The number of halogens is 1. The van der Waals surface area contributed by atoms with Gasteiger partial charge < -0.3 is 9.05 Å². The first-order valence-corrected chi connectivity index (χ1v) is 9.88. The number of rotatable bonds is 12. The molecule has 0 aromatic heterocycles. The van der Waals surface area contributed by atoms with E-state index in [1.54, 1.807) is 0 Å². The topological polar surface area (TPSA) is 35.5 Å². The van der Waals surface area contributed by atoms with Gasteiger partial charge in [0.25, 0.3) is 0 Å².